The Bertz CT molecular complexity index is 925. The van der Waals surface area contributed by atoms with Gasteiger partial charge in [0.15, 0.2) is 11.2 Å². The second-order valence-electron chi connectivity index (χ2n) is 6.83. The second-order valence-corrected chi connectivity index (χ2v) is 6.83. The van der Waals surface area contributed by atoms with Crippen LogP contribution >= 0.6 is 12.4 Å². The highest BCUT2D eigenvalue weighted by molar-refractivity contribution is 5.85. The van der Waals surface area contributed by atoms with E-state index in [0.29, 0.717) is 17.7 Å². The fourth-order valence-electron chi connectivity index (χ4n) is 3.63. The van der Waals surface area contributed by atoms with Crippen LogP contribution in [0.4, 0.5) is 0 Å². The average molecular weight is 399 g/mol. The number of fused-ring (bicyclic) bond motifs is 1. The Balaban J connectivity index is 0.00000261. The van der Waals surface area contributed by atoms with Gasteiger partial charge in [0.2, 0.25) is 5.91 Å². The second kappa shape index (κ2) is 8.71. The van der Waals surface area contributed by atoms with Crippen LogP contribution in [0.3, 0.4) is 0 Å². The minimum Gasteiger partial charge on any atom is -0.338 e. The molecule has 0 saturated carbocycles. The fraction of sp³-hybridized carbons (Fsp3) is 0.647. The monoisotopic (exact) mass is 398 g/mol. The van der Waals surface area contributed by atoms with Gasteiger partial charge in [-0.25, -0.2) is 14.3 Å². The molecule has 1 amide bonds. The highest BCUT2D eigenvalue weighted by Crippen LogP contribution is 2.13. The summed E-state index contributed by atoms with van der Waals surface area (Å²) in [7, 11) is 3.26. The Morgan fingerprint density at radius 1 is 1.30 bits per heavy atom. The number of hydrogen-bond donors (Lipinski definition) is 1. The Hall–Kier alpha value is -2.13. The molecular formula is C17H27ClN6O3. The van der Waals surface area contributed by atoms with Gasteiger partial charge in [0.25, 0.3) is 5.56 Å². The summed E-state index contributed by atoms with van der Waals surface area (Å²) in [4.78, 5) is 44.3. The van der Waals surface area contributed by atoms with Crippen LogP contribution in [0.1, 0.15) is 26.2 Å². The van der Waals surface area contributed by atoms with Gasteiger partial charge in [0.05, 0.1) is 6.33 Å². The maximum atomic E-state index is 13.0. The van der Waals surface area contributed by atoms with E-state index in [1.54, 1.807) is 18.7 Å². The molecule has 0 radical (unpaired) electrons. The van der Waals surface area contributed by atoms with E-state index < -0.39 is 11.2 Å². The van der Waals surface area contributed by atoms with Gasteiger partial charge in [0.1, 0.15) is 6.54 Å². The molecule has 1 N–H and O–H groups in total. The third kappa shape index (κ3) is 3.93. The molecule has 0 unspecified atom stereocenters. The van der Waals surface area contributed by atoms with E-state index >= 15 is 0 Å². The molecular weight excluding hydrogens is 372 g/mol. The number of amides is 1. The molecule has 0 spiro atoms. The predicted molar refractivity (Wildman–Crippen MR) is 105 cm³/mol. The number of rotatable bonds is 5. The minimum absolute atomic E-state index is 0. The molecule has 2 aromatic heterocycles. The zero-order chi connectivity index (χ0) is 18.8. The summed E-state index contributed by atoms with van der Waals surface area (Å²) < 4.78 is 3.92. The van der Waals surface area contributed by atoms with Gasteiger partial charge < -0.3 is 14.8 Å². The van der Waals surface area contributed by atoms with Crippen LogP contribution < -0.4 is 16.6 Å². The highest BCUT2D eigenvalue weighted by atomic mass is 35.5. The number of aromatic nitrogens is 4. The molecule has 3 heterocycles. The molecule has 1 aliphatic rings. The molecule has 0 aromatic carbocycles. The molecule has 27 heavy (non-hydrogen) atoms. The van der Waals surface area contributed by atoms with Gasteiger partial charge in [-0.1, -0.05) is 6.92 Å². The molecule has 3 rings (SSSR count). The summed E-state index contributed by atoms with van der Waals surface area (Å²) in [6, 6.07) is 0.156. The van der Waals surface area contributed by atoms with Crippen molar-refractivity contribution < 1.29 is 4.79 Å². The van der Waals surface area contributed by atoms with E-state index in [4.69, 9.17) is 0 Å². The quantitative estimate of drug-likeness (QED) is 0.755. The number of carbonyl (C=O) groups excluding carboxylic acids is 1. The van der Waals surface area contributed by atoms with Crippen molar-refractivity contribution in [2.75, 3.05) is 19.6 Å². The van der Waals surface area contributed by atoms with Crippen molar-refractivity contribution >= 4 is 29.5 Å². The van der Waals surface area contributed by atoms with Gasteiger partial charge in [-0.05, 0) is 32.4 Å². The van der Waals surface area contributed by atoms with Gasteiger partial charge >= 0.3 is 5.69 Å². The number of imidazole rings is 1. The number of piperidine rings is 1. The van der Waals surface area contributed by atoms with Crippen molar-refractivity contribution in [1.82, 2.24) is 28.9 Å². The Morgan fingerprint density at radius 2 is 1.96 bits per heavy atom. The molecule has 0 aliphatic carbocycles. The maximum absolute atomic E-state index is 13.0. The number of hydrogen-bond acceptors (Lipinski definition) is 5. The lowest BCUT2D eigenvalue weighted by Gasteiger charge is -2.34. The Labute approximate surface area is 163 Å². The molecule has 1 saturated heterocycles. The summed E-state index contributed by atoms with van der Waals surface area (Å²) in [5.41, 5.74) is -0.340. The summed E-state index contributed by atoms with van der Waals surface area (Å²) in [5, 5.41) is 3.29. The lowest BCUT2D eigenvalue weighted by molar-refractivity contribution is -0.134. The average Bonchev–Trinajstić information content (AvgIpc) is 3.04. The van der Waals surface area contributed by atoms with Crippen molar-refractivity contribution in [2.24, 2.45) is 14.1 Å². The van der Waals surface area contributed by atoms with Crippen molar-refractivity contribution in [3.05, 3.63) is 27.2 Å². The largest absolute Gasteiger partial charge is 0.338 e. The predicted octanol–water partition coefficient (Wildman–Crippen LogP) is -0.154. The molecule has 150 valence electrons. The van der Waals surface area contributed by atoms with Crippen molar-refractivity contribution in [3.8, 4) is 0 Å². The zero-order valence-electron chi connectivity index (χ0n) is 16.0. The third-order valence-corrected chi connectivity index (χ3v) is 5.03. The molecule has 1 aliphatic heterocycles. The number of carbonyl (C=O) groups is 1. The van der Waals surface area contributed by atoms with Crippen LogP contribution in [0.25, 0.3) is 11.2 Å². The topological polar surface area (TPSA) is 94.2 Å². The maximum Gasteiger partial charge on any atom is 0.332 e. The summed E-state index contributed by atoms with van der Waals surface area (Å²) in [6.45, 7) is 4.17. The molecule has 9 nitrogen and oxygen atoms in total. The minimum atomic E-state index is -0.517. The zero-order valence-corrected chi connectivity index (χ0v) is 16.8. The first-order chi connectivity index (χ1) is 12.5. The van der Waals surface area contributed by atoms with Gasteiger partial charge in [-0.3, -0.25) is 14.2 Å². The normalized spacial score (nSPS) is 14.9. The number of nitrogens with zero attached hydrogens (tertiary/aromatic N) is 5. The van der Waals surface area contributed by atoms with E-state index in [-0.39, 0.29) is 30.9 Å². The van der Waals surface area contributed by atoms with Crippen molar-refractivity contribution in [1.29, 1.82) is 0 Å². The molecule has 2 aromatic rings. The Kier molecular flexibility index (Phi) is 6.83. The number of halogens is 1. The standard InChI is InChI=1S/C17H26N6O3.ClH/c1-4-9-22(12-5-7-18-8-6-12)13(24)10-23-16(25)14-15(19-11-20(14)2)21(3)17(23)26;/h11-12,18H,4-10H2,1-3H3;1H. The van der Waals surface area contributed by atoms with E-state index in [9.17, 15) is 14.4 Å². The van der Waals surface area contributed by atoms with Crippen LogP contribution in [0, 0.1) is 0 Å². The lowest BCUT2D eigenvalue weighted by atomic mass is 10.0. The SMILES string of the molecule is CCCN(C(=O)Cn1c(=O)c2c(ncn2C)n(C)c1=O)C1CCNCC1.Cl. The molecule has 0 bridgehead atoms. The van der Waals surface area contributed by atoms with Gasteiger partial charge in [0, 0.05) is 26.7 Å². The number of nitrogens with one attached hydrogen (secondary N) is 1. The smallest absolute Gasteiger partial charge is 0.332 e. The van der Waals surface area contributed by atoms with Crippen LogP contribution in [0.5, 0.6) is 0 Å². The van der Waals surface area contributed by atoms with Gasteiger partial charge in [-0.15, -0.1) is 12.4 Å². The fourth-order valence-corrected chi connectivity index (χ4v) is 3.63. The van der Waals surface area contributed by atoms with Crippen LogP contribution in [-0.2, 0) is 25.4 Å². The first-order valence-electron chi connectivity index (χ1n) is 9.06. The number of aryl methyl sites for hydroxylation is 2. The molecule has 0 atom stereocenters. The lowest BCUT2D eigenvalue weighted by Crippen LogP contribution is -2.50. The van der Waals surface area contributed by atoms with Crippen LogP contribution in [0.2, 0.25) is 0 Å². The summed E-state index contributed by atoms with van der Waals surface area (Å²) >= 11 is 0. The van der Waals surface area contributed by atoms with Crippen LogP contribution in [-0.4, -0.2) is 55.2 Å². The molecule has 1 fully saturated rings. The summed E-state index contributed by atoms with van der Waals surface area (Å²) in [5.74, 6) is -0.181. The van der Waals surface area contributed by atoms with E-state index in [1.165, 1.54) is 10.9 Å². The van der Waals surface area contributed by atoms with E-state index in [2.05, 4.69) is 10.3 Å². The Morgan fingerprint density at radius 3 is 2.59 bits per heavy atom. The van der Waals surface area contributed by atoms with E-state index in [0.717, 1.165) is 36.9 Å². The van der Waals surface area contributed by atoms with E-state index in [1.807, 2.05) is 11.8 Å². The molecule has 10 heteroatoms. The first-order valence-corrected chi connectivity index (χ1v) is 9.06. The van der Waals surface area contributed by atoms with Crippen LogP contribution in [0.15, 0.2) is 15.9 Å². The highest BCUT2D eigenvalue weighted by Gasteiger charge is 2.26. The first kappa shape index (κ1) is 21.2. The van der Waals surface area contributed by atoms with Crippen molar-refractivity contribution in [3.63, 3.8) is 0 Å². The third-order valence-electron chi connectivity index (χ3n) is 5.03. The summed E-state index contributed by atoms with van der Waals surface area (Å²) in [6.07, 6.45) is 4.11. The van der Waals surface area contributed by atoms with Crippen molar-refractivity contribution in [2.45, 2.75) is 38.8 Å². The van der Waals surface area contributed by atoms with Gasteiger partial charge in [-0.2, -0.15) is 0 Å².